The van der Waals surface area contributed by atoms with Crippen LogP contribution < -0.4 is 5.32 Å². The molecule has 0 bridgehead atoms. The Labute approximate surface area is 178 Å². The van der Waals surface area contributed by atoms with Crippen LogP contribution in [0.5, 0.6) is 0 Å². The Bertz CT molecular complexity index is 1140. The Balaban J connectivity index is 1.87. The molecule has 3 rings (SSSR count). The molecular weight excluding hydrogens is 398 g/mol. The number of carbonyl (C=O) groups excluding carboxylic acids is 2. The average Bonchev–Trinajstić information content (AvgIpc) is 3.21. The fourth-order valence-electron chi connectivity index (χ4n) is 2.77. The predicted molar refractivity (Wildman–Crippen MR) is 116 cm³/mol. The lowest BCUT2D eigenvalue weighted by molar-refractivity contribution is -0.384. The van der Waals surface area contributed by atoms with E-state index in [0.29, 0.717) is 22.6 Å². The van der Waals surface area contributed by atoms with E-state index in [0.717, 1.165) is 5.56 Å². The van der Waals surface area contributed by atoms with Gasteiger partial charge >= 0.3 is 0 Å². The number of rotatable bonds is 6. The first kappa shape index (κ1) is 21.5. The van der Waals surface area contributed by atoms with E-state index in [-0.39, 0.29) is 11.4 Å². The van der Waals surface area contributed by atoms with Gasteiger partial charge in [-0.05, 0) is 43.3 Å². The monoisotopic (exact) mass is 419 g/mol. The summed E-state index contributed by atoms with van der Waals surface area (Å²) in [5.41, 5.74) is 2.13. The summed E-state index contributed by atoms with van der Waals surface area (Å²) in [5.74, 6) is 0.0165. The van der Waals surface area contributed by atoms with E-state index < -0.39 is 16.7 Å². The van der Waals surface area contributed by atoms with Crippen LogP contribution >= 0.6 is 0 Å². The van der Waals surface area contributed by atoms with Crippen LogP contribution in [0.1, 0.15) is 21.7 Å². The first-order valence-corrected chi connectivity index (χ1v) is 9.40. The molecule has 1 aromatic heterocycles. The Kier molecular flexibility index (Phi) is 6.30. The van der Waals surface area contributed by atoms with Crippen LogP contribution in [-0.4, -0.2) is 35.7 Å². The molecule has 8 heteroatoms. The number of furan rings is 1. The molecule has 0 spiro atoms. The van der Waals surface area contributed by atoms with E-state index in [1.165, 1.54) is 23.1 Å². The highest BCUT2D eigenvalue weighted by Gasteiger charge is 2.17. The van der Waals surface area contributed by atoms with Crippen molar-refractivity contribution in [2.75, 3.05) is 14.1 Å². The maximum atomic E-state index is 12.6. The number of nitrogens with zero attached hydrogens (tertiary/aromatic N) is 2. The summed E-state index contributed by atoms with van der Waals surface area (Å²) in [6, 6.07) is 16.3. The fourth-order valence-corrected chi connectivity index (χ4v) is 2.77. The predicted octanol–water partition coefficient (Wildman–Crippen LogP) is 4.02. The molecule has 0 aliphatic rings. The molecule has 2 aromatic carbocycles. The van der Waals surface area contributed by atoms with Crippen LogP contribution in [0.4, 0.5) is 5.69 Å². The second kappa shape index (κ2) is 9.08. The third-order valence-corrected chi connectivity index (χ3v) is 4.47. The van der Waals surface area contributed by atoms with Gasteiger partial charge in [0.15, 0.2) is 0 Å². The summed E-state index contributed by atoms with van der Waals surface area (Å²) in [6.45, 7) is 1.92. The van der Waals surface area contributed by atoms with Gasteiger partial charge in [0.1, 0.15) is 17.2 Å². The largest absolute Gasteiger partial charge is 0.457 e. The molecule has 31 heavy (non-hydrogen) atoms. The van der Waals surface area contributed by atoms with Crippen LogP contribution in [-0.2, 0) is 4.79 Å². The van der Waals surface area contributed by atoms with Crippen molar-refractivity contribution in [2.24, 2.45) is 0 Å². The summed E-state index contributed by atoms with van der Waals surface area (Å²) >= 11 is 0. The summed E-state index contributed by atoms with van der Waals surface area (Å²) in [7, 11) is 3.16. The van der Waals surface area contributed by atoms with E-state index in [9.17, 15) is 19.7 Å². The van der Waals surface area contributed by atoms with Gasteiger partial charge in [-0.1, -0.05) is 17.7 Å². The van der Waals surface area contributed by atoms with Crippen molar-refractivity contribution >= 4 is 23.6 Å². The van der Waals surface area contributed by atoms with Gasteiger partial charge in [0.05, 0.1) is 4.92 Å². The SMILES string of the molecule is Cc1ccc(C(=O)N/C(=C\c2ccc(-c3ccc([N+](=O)[O-])cc3)o2)C(=O)N(C)C)cc1. The summed E-state index contributed by atoms with van der Waals surface area (Å²) in [6.07, 6.45) is 1.45. The van der Waals surface area contributed by atoms with Crippen molar-refractivity contribution in [3.8, 4) is 11.3 Å². The Morgan fingerprint density at radius 2 is 1.65 bits per heavy atom. The fraction of sp³-hybridized carbons (Fsp3) is 0.130. The highest BCUT2D eigenvalue weighted by Crippen LogP contribution is 2.25. The topological polar surface area (TPSA) is 106 Å². The van der Waals surface area contributed by atoms with Crippen molar-refractivity contribution in [3.05, 3.63) is 93.4 Å². The lowest BCUT2D eigenvalue weighted by Gasteiger charge is -2.14. The maximum absolute atomic E-state index is 12.6. The van der Waals surface area contributed by atoms with Gasteiger partial charge in [-0.25, -0.2) is 0 Å². The molecule has 1 N–H and O–H groups in total. The van der Waals surface area contributed by atoms with Crippen LogP contribution in [0.2, 0.25) is 0 Å². The van der Waals surface area contributed by atoms with E-state index in [4.69, 9.17) is 4.42 Å². The third kappa shape index (κ3) is 5.24. The highest BCUT2D eigenvalue weighted by molar-refractivity contribution is 6.05. The molecular formula is C23H21N3O5. The van der Waals surface area contributed by atoms with Gasteiger partial charge in [-0.15, -0.1) is 0 Å². The number of hydrogen-bond acceptors (Lipinski definition) is 5. The van der Waals surface area contributed by atoms with Gasteiger partial charge in [-0.3, -0.25) is 19.7 Å². The van der Waals surface area contributed by atoms with Crippen LogP contribution in [0.25, 0.3) is 17.4 Å². The Morgan fingerprint density at radius 1 is 1.00 bits per heavy atom. The second-order valence-corrected chi connectivity index (χ2v) is 7.08. The first-order chi connectivity index (χ1) is 14.7. The molecule has 0 saturated heterocycles. The normalized spacial score (nSPS) is 11.1. The number of aryl methyl sites for hydroxylation is 1. The zero-order chi connectivity index (χ0) is 22.5. The molecule has 8 nitrogen and oxygen atoms in total. The molecule has 0 atom stereocenters. The Hall–Kier alpha value is -4.20. The van der Waals surface area contributed by atoms with Crippen LogP contribution in [0, 0.1) is 17.0 Å². The lowest BCUT2D eigenvalue weighted by Crippen LogP contribution is -2.34. The summed E-state index contributed by atoms with van der Waals surface area (Å²) in [4.78, 5) is 36.8. The number of benzene rings is 2. The molecule has 0 saturated carbocycles. The van der Waals surface area contributed by atoms with E-state index in [2.05, 4.69) is 5.32 Å². The number of nitro groups is 1. The number of likely N-dealkylation sites (N-methyl/N-ethyl adjacent to an activating group) is 1. The van der Waals surface area contributed by atoms with E-state index in [1.807, 2.05) is 19.1 Å². The minimum Gasteiger partial charge on any atom is -0.457 e. The number of non-ortho nitro benzene ring substituents is 1. The van der Waals surface area contributed by atoms with Gasteiger partial charge in [-0.2, -0.15) is 0 Å². The van der Waals surface area contributed by atoms with Crippen molar-refractivity contribution in [1.29, 1.82) is 0 Å². The molecule has 3 aromatic rings. The molecule has 158 valence electrons. The minimum atomic E-state index is -0.476. The summed E-state index contributed by atoms with van der Waals surface area (Å²) in [5, 5.41) is 13.5. The number of nitrogens with one attached hydrogen (secondary N) is 1. The molecule has 1 heterocycles. The zero-order valence-electron chi connectivity index (χ0n) is 17.3. The highest BCUT2D eigenvalue weighted by atomic mass is 16.6. The lowest BCUT2D eigenvalue weighted by atomic mass is 10.1. The van der Waals surface area contributed by atoms with Crippen molar-refractivity contribution in [2.45, 2.75) is 6.92 Å². The van der Waals surface area contributed by atoms with Crippen molar-refractivity contribution in [1.82, 2.24) is 10.2 Å². The molecule has 2 amide bonds. The maximum Gasteiger partial charge on any atom is 0.269 e. The Morgan fingerprint density at radius 3 is 2.23 bits per heavy atom. The van der Waals surface area contributed by atoms with Gasteiger partial charge in [0.2, 0.25) is 0 Å². The number of amides is 2. The first-order valence-electron chi connectivity index (χ1n) is 9.40. The van der Waals surface area contributed by atoms with Gasteiger partial charge < -0.3 is 14.6 Å². The molecule has 0 fully saturated rings. The van der Waals surface area contributed by atoms with Crippen molar-refractivity contribution in [3.63, 3.8) is 0 Å². The molecule has 0 aliphatic carbocycles. The second-order valence-electron chi connectivity index (χ2n) is 7.08. The van der Waals surface area contributed by atoms with Crippen molar-refractivity contribution < 1.29 is 18.9 Å². The van der Waals surface area contributed by atoms with Gasteiger partial charge in [0, 0.05) is 43.4 Å². The van der Waals surface area contributed by atoms with E-state index >= 15 is 0 Å². The quantitative estimate of drug-likeness (QED) is 0.369. The summed E-state index contributed by atoms with van der Waals surface area (Å²) < 4.78 is 5.77. The number of hydrogen-bond donors (Lipinski definition) is 1. The van der Waals surface area contributed by atoms with Crippen LogP contribution in [0.3, 0.4) is 0 Å². The average molecular weight is 419 g/mol. The van der Waals surface area contributed by atoms with Crippen LogP contribution in [0.15, 0.2) is 70.8 Å². The van der Waals surface area contributed by atoms with E-state index in [1.54, 1.807) is 50.5 Å². The van der Waals surface area contributed by atoms with Gasteiger partial charge in [0.25, 0.3) is 17.5 Å². The molecule has 0 radical (unpaired) electrons. The smallest absolute Gasteiger partial charge is 0.269 e. The number of nitro benzene ring substituents is 1. The molecule has 0 unspecified atom stereocenters. The third-order valence-electron chi connectivity index (χ3n) is 4.47. The molecule has 0 aliphatic heterocycles. The zero-order valence-corrected chi connectivity index (χ0v) is 17.3. The standard InChI is InChI=1S/C23H21N3O5/c1-15-4-6-17(7-5-15)22(27)24-20(23(28)25(2)3)14-19-12-13-21(31-19)16-8-10-18(11-9-16)26(29)30/h4-14H,1-3H3,(H,24,27)/b20-14-. The number of carbonyl (C=O) groups is 2. The minimum absolute atomic E-state index is 0.0203.